The van der Waals surface area contributed by atoms with Crippen LogP contribution in [0.5, 0.6) is 0 Å². The Morgan fingerprint density at radius 1 is 1.04 bits per heavy atom. The molecule has 1 heterocycles. The van der Waals surface area contributed by atoms with E-state index in [0.29, 0.717) is 36.6 Å². The summed E-state index contributed by atoms with van der Waals surface area (Å²) < 4.78 is 5.44. The molecule has 0 spiro atoms. The van der Waals surface area contributed by atoms with Gasteiger partial charge in [-0.25, -0.2) is 0 Å². The van der Waals surface area contributed by atoms with E-state index >= 15 is 0 Å². The van der Waals surface area contributed by atoms with Gasteiger partial charge in [-0.3, -0.25) is 4.79 Å². The van der Waals surface area contributed by atoms with E-state index in [4.69, 9.17) is 4.52 Å². The van der Waals surface area contributed by atoms with Gasteiger partial charge in [-0.05, 0) is 25.7 Å². The third-order valence-corrected chi connectivity index (χ3v) is 5.82. The lowest BCUT2D eigenvalue weighted by atomic mass is 9.83. The van der Waals surface area contributed by atoms with Crippen molar-refractivity contribution in [1.82, 2.24) is 15.0 Å². The first-order valence-corrected chi connectivity index (χ1v) is 10.00. The second-order valence-electron chi connectivity index (χ2n) is 7.58. The van der Waals surface area contributed by atoms with Crippen LogP contribution in [0.15, 0.2) is 34.9 Å². The second-order valence-corrected chi connectivity index (χ2v) is 7.58. The Kier molecular flexibility index (Phi) is 5.32. The van der Waals surface area contributed by atoms with Gasteiger partial charge in [-0.2, -0.15) is 4.98 Å². The van der Waals surface area contributed by atoms with Crippen molar-refractivity contribution in [3.8, 4) is 11.4 Å². The number of hydrogen-bond acceptors (Lipinski definition) is 4. The number of aromatic nitrogens is 2. The molecule has 0 N–H and O–H groups in total. The summed E-state index contributed by atoms with van der Waals surface area (Å²) in [6, 6.07) is 10.2. The van der Waals surface area contributed by atoms with Gasteiger partial charge in [0.2, 0.25) is 17.6 Å². The first-order valence-electron chi connectivity index (χ1n) is 10.00. The van der Waals surface area contributed by atoms with Crippen molar-refractivity contribution in [2.24, 2.45) is 5.92 Å². The summed E-state index contributed by atoms with van der Waals surface area (Å²) in [5, 5.41) is 4.09. The average Bonchev–Trinajstić information content (AvgIpc) is 3.11. The van der Waals surface area contributed by atoms with Crippen molar-refractivity contribution in [3.05, 3.63) is 36.2 Å². The number of carbonyl (C=O) groups excluding carboxylic acids is 1. The van der Waals surface area contributed by atoms with E-state index in [1.807, 2.05) is 30.3 Å². The fourth-order valence-electron chi connectivity index (χ4n) is 4.03. The van der Waals surface area contributed by atoms with Gasteiger partial charge in [0.15, 0.2) is 0 Å². The predicted molar refractivity (Wildman–Crippen MR) is 99.4 cm³/mol. The SMILES string of the molecule is O=C(C1CCC1)N(CCc1nc(-c2ccccc2)no1)C1CCCCC1. The van der Waals surface area contributed by atoms with E-state index in [2.05, 4.69) is 15.0 Å². The van der Waals surface area contributed by atoms with Gasteiger partial charge in [-0.15, -0.1) is 0 Å². The monoisotopic (exact) mass is 353 g/mol. The highest BCUT2D eigenvalue weighted by atomic mass is 16.5. The van der Waals surface area contributed by atoms with Gasteiger partial charge < -0.3 is 9.42 Å². The van der Waals surface area contributed by atoms with E-state index in [1.54, 1.807) is 0 Å². The van der Waals surface area contributed by atoms with E-state index in [-0.39, 0.29) is 5.92 Å². The zero-order valence-electron chi connectivity index (χ0n) is 15.3. The molecule has 138 valence electrons. The van der Waals surface area contributed by atoms with Gasteiger partial charge in [0.1, 0.15) is 0 Å². The highest BCUT2D eigenvalue weighted by Crippen LogP contribution is 2.31. The fraction of sp³-hybridized carbons (Fsp3) is 0.571. The van der Waals surface area contributed by atoms with Gasteiger partial charge >= 0.3 is 0 Å². The molecule has 1 aromatic heterocycles. The lowest BCUT2D eigenvalue weighted by molar-refractivity contribution is -0.141. The highest BCUT2D eigenvalue weighted by molar-refractivity contribution is 5.80. The first kappa shape index (κ1) is 17.3. The van der Waals surface area contributed by atoms with Crippen molar-refractivity contribution < 1.29 is 9.32 Å². The third-order valence-electron chi connectivity index (χ3n) is 5.82. The van der Waals surface area contributed by atoms with Crippen molar-refractivity contribution in [1.29, 1.82) is 0 Å². The number of benzene rings is 1. The molecule has 1 amide bonds. The topological polar surface area (TPSA) is 59.2 Å². The first-order chi connectivity index (χ1) is 12.8. The number of hydrogen-bond donors (Lipinski definition) is 0. The Bertz CT molecular complexity index is 718. The Hall–Kier alpha value is -2.17. The fourth-order valence-corrected chi connectivity index (χ4v) is 4.03. The van der Waals surface area contributed by atoms with Gasteiger partial charge in [-0.1, -0.05) is 61.2 Å². The number of amides is 1. The molecule has 0 radical (unpaired) electrons. The number of nitrogens with zero attached hydrogens (tertiary/aromatic N) is 3. The molecule has 5 nitrogen and oxygen atoms in total. The quantitative estimate of drug-likeness (QED) is 0.779. The van der Waals surface area contributed by atoms with E-state index in [0.717, 1.165) is 31.2 Å². The minimum absolute atomic E-state index is 0.250. The number of rotatable bonds is 6. The van der Waals surface area contributed by atoms with Crippen molar-refractivity contribution in [3.63, 3.8) is 0 Å². The van der Waals surface area contributed by atoms with Crippen LogP contribution >= 0.6 is 0 Å². The number of carbonyl (C=O) groups is 1. The van der Waals surface area contributed by atoms with Crippen LogP contribution in [0, 0.1) is 5.92 Å². The zero-order chi connectivity index (χ0) is 17.8. The van der Waals surface area contributed by atoms with Crippen molar-refractivity contribution in [2.75, 3.05) is 6.54 Å². The van der Waals surface area contributed by atoms with Gasteiger partial charge in [0.25, 0.3) is 0 Å². The summed E-state index contributed by atoms with van der Waals surface area (Å²) in [4.78, 5) is 19.6. The molecule has 0 aliphatic heterocycles. The molecule has 5 heteroatoms. The molecule has 4 rings (SSSR count). The van der Waals surface area contributed by atoms with Crippen LogP contribution in [-0.2, 0) is 11.2 Å². The van der Waals surface area contributed by atoms with Crippen LogP contribution in [0.2, 0.25) is 0 Å². The molecule has 2 fully saturated rings. The van der Waals surface area contributed by atoms with Gasteiger partial charge in [0.05, 0.1) is 0 Å². The Labute approximate surface area is 154 Å². The summed E-state index contributed by atoms with van der Waals surface area (Å²) in [7, 11) is 0. The molecule has 26 heavy (non-hydrogen) atoms. The summed E-state index contributed by atoms with van der Waals surface area (Å²) in [5.74, 6) is 1.84. The summed E-state index contributed by atoms with van der Waals surface area (Å²) in [5.41, 5.74) is 0.956. The Balaban J connectivity index is 1.42. The highest BCUT2D eigenvalue weighted by Gasteiger charge is 2.33. The molecule has 0 bridgehead atoms. The van der Waals surface area contributed by atoms with Crippen LogP contribution < -0.4 is 0 Å². The Morgan fingerprint density at radius 3 is 2.50 bits per heavy atom. The van der Waals surface area contributed by atoms with Crippen LogP contribution in [0.4, 0.5) is 0 Å². The van der Waals surface area contributed by atoms with E-state index in [9.17, 15) is 4.79 Å². The molecule has 2 aromatic rings. The standard InChI is InChI=1S/C21H27N3O2/c25-21(17-10-7-11-17)24(18-12-5-2-6-13-18)15-14-19-22-20(23-26-19)16-8-3-1-4-9-16/h1,3-4,8-9,17-18H,2,5-7,10-15H2. The van der Waals surface area contributed by atoms with Crippen molar-refractivity contribution >= 4 is 5.91 Å². The maximum atomic E-state index is 12.9. The smallest absolute Gasteiger partial charge is 0.228 e. The lowest BCUT2D eigenvalue weighted by Gasteiger charge is -2.38. The average molecular weight is 353 g/mol. The van der Waals surface area contributed by atoms with Crippen LogP contribution in [0.25, 0.3) is 11.4 Å². The van der Waals surface area contributed by atoms with Crippen LogP contribution in [0.3, 0.4) is 0 Å². The molecule has 2 aliphatic carbocycles. The summed E-state index contributed by atoms with van der Waals surface area (Å²) >= 11 is 0. The maximum Gasteiger partial charge on any atom is 0.228 e. The van der Waals surface area contributed by atoms with Crippen LogP contribution in [-0.4, -0.2) is 33.5 Å². The van der Waals surface area contributed by atoms with E-state index < -0.39 is 0 Å². The molecule has 1 aromatic carbocycles. The minimum Gasteiger partial charge on any atom is -0.339 e. The molecule has 0 unspecified atom stereocenters. The molecule has 0 saturated heterocycles. The third kappa shape index (κ3) is 3.81. The molecular weight excluding hydrogens is 326 g/mol. The largest absolute Gasteiger partial charge is 0.339 e. The zero-order valence-corrected chi connectivity index (χ0v) is 15.3. The van der Waals surface area contributed by atoms with Gasteiger partial charge in [0, 0.05) is 30.5 Å². The van der Waals surface area contributed by atoms with Crippen molar-refractivity contribution in [2.45, 2.75) is 63.8 Å². The van der Waals surface area contributed by atoms with E-state index in [1.165, 1.54) is 25.7 Å². The molecule has 2 saturated carbocycles. The summed E-state index contributed by atoms with van der Waals surface area (Å²) in [6.45, 7) is 0.691. The summed E-state index contributed by atoms with van der Waals surface area (Å²) in [6.07, 6.45) is 9.98. The molecule has 0 atom stereocenters. The maximum absolute atomic E-state index is 12.9. The normalized spacial score (nSPS) is 18.5. The second kappa shape index (κ2) is 8.02. The molecular formula is C21H27N3O2. The minimum atomic E-state index is 0.250. The Morgan fingerprint density at radius 2 is 1.81 bits per heavy atom. The molecule has 2 aliphatic rings. The van der Waals surface area contributed by atoms with Crippen LogP contribution in [0.1, 0.15) is 57.3 Å². The predicted octanol–water partition coefficient (Wildman–Crippen LogP) is 4.24. The lowest BCUT2D eigenvalue weighted by Crippen LogP contribution is -2.47.